The number of hydrogen-bond acceptors (Lipinski definition) is 4. The van der Waals surface area contributed by atoms with Crippen LogP contribution >= 0.6 is 15.9 Å². The molecule has 5 nitrogen and oxygen atoms in total. The Hall–Kier alpha value is -1.43. The summed E-state index contributed by atoms with van der Waals surface area (Å²) in [6.45, 7) is 5.34. The number of amides is 1. The molecule has 0 saturated heterocycles. The molecule has 0 saturated carbocycles. The molecule has 0 spiro atoms. The van der Waals surface area contributed by atoms with E-state index in [1.165, 1.54) is 0 Å². The van der Waals surface area contributed by atoms with Gasteiger partial charge in [-0.3, -0.25) is 9.59 Å². The fourth-order valence-electron chi connectivity index (χ4n) is 1.67. The van der Waals surface area contributed by atoms with Gasteiger partial charge in [-0.25, -0.2) is 4.98 Å². The van der Waals surface area contributed by atoms with E-state index in [0.717, 1.165) is 5.56 Å². The number of esters is 1. The fourth-order valence-corrected chi connectivity index (χ4v) is 1.90. The summed E-state index contributed by atoms with van der Waals surface area (Å²) in [6.07, 6.45) is 1.99. The maximum atomic E-state index is 11.8. The molecular formula is C14H19BrN2O3. The number of nitrogens with zero attached hydrogens (tertiary/aromatic N) is 1. The van der Waals surface area contributed by atoms with Gasteiger partial charge in [0.25, 0.3) is 0 Å². The minimum atomic E-state index is -0.590. The lowest BCUT2D eigenvalue weighted by Gasteiger charge is -2.21. The topological polar surface area (TPSA) is 82.3 Å². The highest BCUT2D eigenvalue weighted by Crippen LogP contribution is 2.16. The van der Waals surface area contributed by atoms with Gasteiger partial charge in [0.05, 0.1) is 12.3 Å². The van der Waals surface area contributed by atoms with Crippen molar-refractivity contribution >= 4 is 27.8 Å². The molecule has 1 atom stereocenters. The lowest BCUT2D eigenvalue weighted by atomic mass is 9.96. The number of carbonyl (C=O) groups excluding carboxylic acids is 2. The third-order valence-corrected chi connectivity index (χ3v) is 2.98. The van der Waals surface area contributed by atoms with Crippen LogP contribution in [0.1, 0.15) is 32.8 Å². The highest BCUT2D eigenvalue weighted by molar-refractivity contribution is 9.10. The summed E-state index contributed by atoms with van der Waals surface area (Å²) in [7, 11) is 0. The molecular weight excluding hydrogens is 324 g/mol. The predicted molar refractivity (Wildman–Crippen MR) is 78.8 cm³/mol. The summed E-state index contributed by atoms with van der Waals surface area (Å²) in [5, 5.41) is 0. The van der Waals surface area contributed by atoms with E-state index in [1.807, 2.05) is 6.07 Å². The smallest absolute Gasteiger partial charge is 0.307 e. The number of carbonyl (C=O) groups is 2. The molecule has 110 valence electrons. The van der Waals surface area contributed by atoms with E-state index >= 15 is 0 Å². The van der Waals surface area contributed by atoms with Crippen molar-refractivity contribution in [3.05, 3.63) is 28.5 Å². The van der Waals surface area contributed by atoms with Gasteiger partial charge in [0, 0.05) is 6.20 Å². The molecule has 1 amide bonds. The van der Waals surface area contributed by atoms with Crippen molar-refractivity contribution in [3.63, 3.8) is 0 Å². The van der Waals surface area contributed by atoms with Crippen LogP contribution in [0.3, 0.4) is 0 Å². The van der Waals surface area contributed by atoms with Crippen LogP contribution in [0.15, 0.2) is 22.9 Å². The van der Waals surface area contributed by atoms with E-state index in [1.54, 1.807) is 33.0 Å². The van der Waals surface area contributed by atoms with Crippen molar-refractivity contribution in [2.75, 3.05) is 0 Å². The molecule has 20 heavy (non-hydrogen) atoms. The van der Waals surface area contributed by atoms with Crippen molar-refractivity contribution in [1.82, 2.24) is 4.98 Å². The first-order valence-corrected chi connectivity index (χ1v) is 7.08. The molecule has 0 aliphatic carbocycles. The zero-order valence-corrected chi connectivity index (χ0v) is 13.4. The maximum Gasteiger partial charge on any atom is 0.307 e. The second-order valence-electron chi connectivity index (χ2n) is 5.58. The lowest BCUT2D eigenvalue weighted by Crippen LogP contribution is -2.31. The molecule has 0 bridgehead atoms. The number of pyridine rings is 1. The van der Waals surface area contributed by atoms with Crippen LogP contribution < -0.4 is 5.73 Å². The number of hydrogen-bond donors (Lipinski definition) is 1. The Kier molecular flexibility index (Phi) is 5.68. The van der Waals surface area contributed by atoms with Crippen LogP contribution in [0, 0.1) is 5.92 Å². The number of primary amides is 1. The number of ether oxygens (including phenoxy) is 1. The van der Waals surface area contributed by atoms with E-state index in [2.05, 4.69) is 20.9 Å². The van der Waals surface area contributed by atoms with Gasteiger partial charge in [0.2, 0.25) is 5.91 Å². The van der Waals surface area contributed by atoms with Crippen LogP contribution in [-0.4, -0.2) is 22.5 Å². The molecule has 0 unspecified atom stereocenters. The van der Waals surface area contributed by atoms with Crippen LogP contribution in [0.25, 0.3) is 0 Å². The summed E-state index contributed by atoms with van der Waals surface area (Å²) in [6, 6.07) is 3.61. The van der Waals surface area contributed by atoms with E-state index in [0.29, 0.717) is 11.0 Å². The van der Waals surface area contributed by atoms with E-state index < -0.39 is 23.4 Å². The van der Waals surface area contributed by atoms with Crippen molar-refractivity contribution in [2.45, 2.75) is 39.2 Å². The Bertz CT molecular complexity index is 480. The fraction of sp³-hybridized carbons (Fsp3) is 0.500. The Morgan fingerprint density at radius 3 is 2.50 bits per heavy atom. The zero-order valence-electron chi connectivity index (χ0n) is 11.9. The van der Waals surface area contributed by atoms with Crippen LogP contribution in [-0.2, 0) is 20.7 Å². The summed E-state index contributed by atoms with van der Waals surface area (Å²) in [5.41, 5.74) is 5.63. The Morgan fingerprint density at radius 1 is 1.40 bits per heavy atom. The molecule has 2 N–H and O–H groups in total. The number of aromatic nitrogens is 1. The zero-order chi connectivity index (χ0) is 15.3. The van der Waals surface area contributed by atoms with Gasteiger partial charge >= 0.3 is 5.97 Å². The molecule has 0 aromatic carbocycles. The first-order chi connectivity index (χ1) is 9.17. The molecule has 0 aliphatic heterocycles. The van der Waals surface area contributed by atoms with Crippen LogP contribution in [0.2, 0.25) is 0 Å². The van der Waals surface area contributed by atoms with Crippen molar-refractivity contribution < 1.29 is 14.3 Å². The molecule has 0 aliphatic rings. The minimum Gasteiger partial charge on any atom is -0.460 e. The number of nitrogens with two attached hydrogens (primary N) is 1. The minimum absolute atomic E-state index is 0.0251. The largest absolute Gasteiger partial charge is 0.460 e. The Balaban J connectivity index is 2.68. The standard InChI is InChI=1S/C14H19BrN2O3/c1-14(2,3)20-12(18)7-10(13(16)19)6-9-4-5-11(15)17-8-9/h4-5,8,10H,6-7H2,1-3H3,(H2,16,19)/t10-/m0/s1. The van der Waals surface area contributed by atoms with Crippen LogP contribution in [0.4, 0.5) is 0 Å². The monoisotopic (exact) mass is 342 g/mol. The Morgan fingerprint density at radius 2 is 2.05 bits per heavy atom. The quantitative estimate of drug-likeness (QED) is 0.656. The summed E-state index contributed by atoms with van der Waals surface area (Å²) < 4.78 is 5.92. The van der Waals surface area contributed by atoms with Gasteiger partial charge < -0.3 is 10.5 Å². The van der Waals surface area contributed by atoms with Crippen molar-refractivity contribution in [2.24, 2.45) is 11.7 Å². The van der Waals surface area contributed by atoms with Crippen molar-refractivity contribution in [3.8, 4) is 0 Å². The van der Waals surface area contributed by atoms with Gasteiger partial charge in [-0.15, -0.1) is 0 Å². The van der Waals surface area contributed by atoms with Gasteiger partial charge in [-0.1, -0.05) is 6.07 Å². The maximum absolute atomic E-state index is 11.8. The summed E-state index contributed by atoms with van der Waals surface area (Å²) in [4.78, 5) is 27.3. The van der Waals surface area contributed by atoms with Crippen molar-refractivity contribution in [1.29, 1.82) is 0 Å². The highest BCUT2D eigenvalue weighted by atomic mass is 79.9. The Labute approximate surface area is 127 Å². The first-order valence-electron chi connectivity index (χ1n) is 6.29. The third-order valence-electron chi connectivity index (χ3n) is 2.51. The van der Waals surface area contributed by atoms with Gasteiger partial charge in [0.1, 0.15) is 10.2 Å². The van der Waals surface area contributed by atoms with E-state index in [4.69, 9.17) is 10.5 Å². The number of halogens is 1. The highest BCUT2D eigenvalue weighted by Gasteiger charge is 2.24. The predicted octanol–water partition coefficient (Wildman–Crippen LogP) is 2.22. The van der Waals surface area contributed by atoms with Gasteiger partial charge in [0.15, 0.2) is 0 Å². The molecule has 1 heterocycles. The average Bonchev–Trinajstić information content (AvgIpc) is 2.28. The van der Waals surface area contributed by atoms with Gasteiger partial charge in [-0.2, -0.15) is 0 Å². The lowest BCUT2D eigenvalue weighted by molar-refractivity contribution is -0.157. The normalized spacial score (nSPS) is 12.8. The molecule has 1 aromatic rings. The average molecular weight is 343 g/mol. The third kappa shape index (κ3) is 6.14. The molecule has 1 rings (SSSR count). The SMILES string of the molecule is CC(C)(C)OC(=O)C[C@H](Cc1ccc(Br)nc1)C(N)=O. The molecule has 1 aromatic heterocycles. The summed E-state index contributed by atoms with van der Waals surface area (Å²) in [5.74, 6) is -1.53. The second-order valence-corrected chi connectivity index (χ2v) is 6.40. The van der Waals surface area contributed by atoms with E-state index in [9.17, 15) is 9.59 Å². The summed E-state index contributed by atoms with van der Waals surface area (Å²) >= 11 is 3.24. The molecule has 0 fully saturated rings. The van der Waals surface area contributed by atoms with Crippen LogP contribution in [0.5, 0.6) is 0 Å². The molecule has 0 radical (unpaired) electrons. The number of rotatable bonds is 5. The molecule has 6 heteroatoms. The second kappa shape index (κ2) is 6.83. The first kappa shape index (κ1) is 16.6. The van der Waals surface area contributed by atoms with E-state index in [-0.39, 0.29) is 6.42 Å². The van der Waals surface area contributed by atoms with Gasteiger partial charge in [-0.05, 0) is 54.8 Å².